The fourth-order valence-corrected chi connectivity index (χ4v) is 0. The van der Waals surface area contributed by atoms with Crippen molar-refractivity contribution in [1.82, 2.24) is 0 Å². The first-order valence-corrected chi connectivity index (χ1v) is 0.775. The molecule has 0 fully saturated rings. The van der Waals surface area contributed by atoms with Crippen molar-refractivity contribution in [3.05, 3.63) is 0 Å². The van der Waals surface area contributed by atoms with Crippen LogP contribution >= 0.6 is 0 Å². The molecule has 0 aromatic rings. The molecule has 0 spiro atoms. The molecule has 15 heavy (non-hydrogen) atoms. The van der Waals surface area contributed by atoms with Crippen LogP contribution in [0.2, 0.25) is 0 Å². The van der Waals surface area contributed by atoms with Gasteiger partial charge in [-0.1, -0.05) is 0 Å². The Morgan fingerprint density at radius 3 is 0.467 bits per heavy atom. The summed E-state index contributed by atoms with van der Waals surface area (Å²) in [4.78, 5) is 0. The van der Waals surface area contributed by atoms with E-state index in [1.54, 1.807) is 0 Å². The van der Waals surface area contributed by atoms with Gasteiger partial charge in [0.25, 0.3) is 0 Å². The molecule has 15 heteroatoms. The van der Waals surface area contributed by atoms with Gasteiger partial charge in [0.1, 0.15) is 0 Å². The van der Waals surface area contributed by atoms with Gasteiger partial charge in [-0.3, -0.25) is 0 Å². The molecule has 13 nitrogen and oxygen atoms in total. The first-order valence-electron chi connectivity index (χ1n) is 0.775. The van der Waals surface area contributed by atoms with Crippen molar-refractivity contribution in [2.24, 2.45) is 0 Å². The molecule has 0 aromatic carbocycles. The second kappa shape index (κ2) is 212. The Balaban J connectivity index is -0.000000000682. The monoisotopic (exact) mass is 266 g/mol. The van der Waals surface area contributed by atoms with Gasteiger partial charge in [0.2, 0.25) is 0 Å². The summed E-state index contributed by atoms with van der Waals surface area (Å²) in [6.45, 7) is 0. The Morgan fingerprint density at radius 1 is 0.467 bits per heavy atom. The van der Waals surface area contributed by atoms with Crippen molar-refractivity contribution in [1.29, 1.82) is 0 Å². The molecule has 106 valence electrons. The minimum atomic E-state index is -2.17. The van der Waals surface area contributed by atoms with Gasteiger partial charge in [0.05, 0.1) is 0 Å². The van der Waals surface area contributed by atoms with Crippen LogP contribution in [0.3, 0.4) is 0 Å². The Kier molecular flexibility index (Phi) is 3700. The quantitative estimate of drug-likeness (QED) is 0.359. The maximum absolute atomic E-state index is 7.17. The third-order valence-electron chi connectivity index (χ3n) is 0. The number of rotatable bonds is 0. The molecule has 0 atom stereocenters. The van der Waals surface area contributed by atoms with Gasteiger partial charge in [-0.25, -0.2) is 0 Å². The molecular formula is H24BNaO13. The normalized spacial score (nSPS) is 1.80. The van der Waals surface area contributed by atoms with Crippen LogP contribution in [-0.2, 0) is 0 Å². The summed E-state index contributed by atoms with van der Waals surface area (Å²) in [6, 6.07) is 0. The van der Waals surface area contributed by atoms with Gasteiger partial charge >= 0.3 is 36.9 Å². The van der Waals surface area contributed by atoms with E-state index >= 15 is 0 Å². The van der Waals surface area contributed by atoms with Crippen molar-refractivity contribution in [2.75, 3.05) is 0 Å². The molecule has 0 radical (unpaired) electrons. The molecule has 0 aliphatic rings. The van der Waals surface area contributed by atoms with Crippen molar-refractivity contribution in [2.45, 2.75) is 0 Å². The van der Waals surface area contributed by atoms with E-state index in [1.807, 2.05) is 0 Å². The first-order chi connectivity index (χ1) is 1.73. The predicted molar refractivity (Wildman–Crippen MR) is 49.7 cm³/mol. The maximum Gasteiger partial charge on any atom is 1.00 e. The molecule has 23 N–H and O–H groups in total. The minimum absolute atomic E-state index is 0. The number of hydrogen-bond donors (Lipinski definition) is 3. The predicted octanol–water partition coefficient (Wildman–Crippen LogP) is -13.2. The second-order valence-electron chi connectivity index (χ2n) is 0.346. The van der Waals surface area contributed by atoms with E-state index in [4.69, 9.17) is 15.1 Å². The number of hydrogen-bond acceptors (Lipinski definition) is 3. The zero-order valence-corrected chi connectivity index (χ0v) is 9.92. The van der Waals surface area contributed by atoms with Crippen molar-refractivity contribution >= 4 is 7.32 Å². The van der Waals surface area contributed by atoms with Gasteiger partial charge in [0.15, 0.2) is 0 Å². The van der Waals surface area contributed by atoms with Crippen LogP contribution < -0.4 is 29.6 Å². The van der Waals surface area contributed by atoms with E-state index in [0.717, 1.165) is 0 Å². The van der Waals surface area contributed by atoms with Gasteiger partial charge in [-0.15, -0.1) is 0 Å². The van der Waals surface area contributed by atoms with E-state index in [0.29, 0.717) is 0 Å². The molecular weight excluding hydrogens is 242 g/mol. The van der Waals surface area contributed by atoms with Crippen LogP contribution in [0, 0.1) is 0 Å². The Bertz CT molecular complexity index is 20.6. The van der Waals surface area contributed by atoms with Crippen molar-refractivity contribution in [3.8, 4) is 0 Å². The van der Waals surface area contributed by atoms with E-state index in [9.17, 15) is 0 Å². The van der Waals surface area contributed by atoms with E-state index in [-0.39, 0.29) is 85.7 Å². The van der Waals surface area contributed by atoms with Crippen LogP contribution in [0.25, 0.3) is 0 Å². The maximum atomic E-state index is 7.17. The Morgan fingerprint density at radius 2 is 0.467 bits per heavy atom. The van der Waals surface area contributed by atoms with Crippen LogP contribution in [-0.4, -0.2) is 77.2 Å². The van der Waals surface area contributed by atoms with Gasteiger partial charge in [0, 0.05) is 0 Å². The second-order valence-corrected chi connectivity index (χ2v) is 0.346. The molecule has 0 aliphatic heterocycles. The SMILES string of the molecule is O.O.O.O.O.O.O.O.O.O.OB(O)O.[H-].[Na+]. The van der Waals surface area contributed by atoms with E-state index < -0.39 is 7.32 Å². The fraction of sp³-hybridized carbons (Fsp3) is 0. The molecule has 0 aliphatic carbocycles. The summed E-state index contributed by atoms with van der Waals surface area (Å²) in [5, 5.41) is 21.5. The Labute approximate surface area is 108 Å². The summed E-state index contributed by atoms with van der Waals surface area (Å²) in [5.74, 6) is 0. The van der Waals surface area contributed by atoms with Crippen LogP contribution in [0.4, 0.5) is 0 Å². The van der Waals surface area contributed by atoms with Crippen LogP contribution in [0.15, 0.2) is 0 Å². The third kappa shape index (κ3) is 7710. The summed E-state index contributed by atoms with van der Waals surface area (Å²) in [5.41, 5.74) is 0. The summed E-state index contributed by atoms with van der Waals surface area (Å²) in [6.07, 6.45) is 0. The van der Waals surface area contributed by atoms with Crippen molar-refractivity contribution in [3.63, 3.8) is 0 Å². The molecule has 0 saturated heterocycles. The molecule has 0 aromatic heterocycles. The van der Waals surface area contributed by atoms with Crippen LogP contribution in [0.5, 0.6) is 0 Å². The van der Waals surface area contributed by atoms with E-state index in [2.05, 4.69) is 0 Å². The summed E-state index contributed by atoms with van der Waals surface area (Å²) < 4.78 is 0. The minimum Gasteiger partial charge on any atom is -1.00 e. The standard InChI is InChI=1S/BH3O3.Na.10H2O.H/c2-1(3)4;;;;;;;;;;;;/h2-4H;;10*1H2;/q;+1;;;;;;;;;;;-1. The fourth-order valence-electron chi connectivity index (χ4n) is 0. The van der Waals surface area contributed by atoms with E-state index in [1.165, 1.54) is 0 Å². The molecule has 0 rings (SSSR count). The van der Waals surface area contributed by atoms with Crippen LogP contribution in [0.1, 0.15) is 1.43 Å². The van der Waals surface area contributed by atoms with Gasteiger partial charge in [-0.2, -0.15) is 0 Å². The smallest absolute Gasteiger partial charge is 1.00 e. The summed E-state index contributed by atoms with van der Waals surface area (Å²) >= 11 is 0. The average Bonchev–Trinajstić information content (AvgIpc) is 0.811. The molecule has 0 unspecified atom stereocenters. The topological polar surface area (TPSA) is 376 Å². The molecule has 0 amide bonds. The zero-order chi connectivity index (χ0) is 3.58. The Hall–Kier alpha value is 0.545. The average molecular weight is 266 g/mol. The molecule has 0 heterocycles. The van der Waals surface area contributed by atoms with Gasteiger partial charge in [-0.05, 0) is 0 Å². The first kappa shape index (κ1) is 262. The largest absolute Gasteiger partial charge is 1.00 e. The zero-order valence-electron chi connectivity index (χ0n) is 8.92. The molecule has 0 bridgehead atoms. The third-order valence-corrected chi connectivity index (χ3v) is 0. The summed E-state index contributed by atoms with van der Waals surface area (Å²) in [7, 11) is -2.17. The van der Waals surface area contributed by atoms with Crippen molar-refractivity contribution < 1.29 is 101 Å². The molecule has 0 saturated carbocycles. The van der Waals surface area contributed by atoms with Gasteiger partial charge < -0.3 is 71.3 Å².